The van der Waals surface area contributed by atoms with E-state index in [0.717, 1.165) is 18.8 Å². The van der Waals surface area contributed by atoms with Crippen molar-refractivity contribution in [1.29, 1.82) is 0 Å². The fourth-order valence-corrected chi connectivity index (χ4v) is 3.73. The van der Waals surface area contributed by atoms with Crippen LogP contribution in [0, 0.1) is 0 Å². The third kappa shape index (κ3) is 4.53. The van der Waals surface area contributed by atoms with Crippen LogP contribution in [0.4, 0.5) is 4.79 Å². The van der Waals surface area contributed by atoms with E-state index in [0.29, 0.717) is 13.1 Å². The Balaban J connectivity index is 1.51. The molecule has 0 bridgehead atoms. The van der Waals surface area contributed by atoms with Gasteiger partial charge >= 0.3 is 6.03 Å². The number of carbonyl (C=O) groups excluding carboxylic acids is 1. The molecule has 122 valence electrons. The highest BCUT2D eigenvalue weighted by Gasteiger charge is 2.24. The number of nitrogens with zero attached hydrogens (tertiary/aromatic N) is 2. The van der Waals surface area contributed by atoms with Crippen LogP contribution >= 0.6 is 11.3 Å². The summed E-state index contributed by atoms with van der Waals surface area (Å²) in [4.78, 5) is 20.0. The van der Waals surface area contributed by atoms with Crippen molar-refractivity contribution in [3.05, 3.63) is 52.5 Å². The van der Waals surface area contributed by atoms with Crippen molar-refractivity contribution in [3.8, 4) is 0 Å². The highest BCUT2D eigenvalue weighted by molar-refractivity contribution is 7.10. The summed E-state index contributed by atoms with van der Waals surface area (Å²) in [5.41, 5.74) is 0.858. The van der Waals surface area contributed by atoms with Crippen LogP contribution in [0.5, 0.6) is 0 Å². The molecule has 1 fully saturated rings. The summed E-state index contributed by atoms with van der Waals surface area (Å²) in [7, 11) is 0. The lowest BCUT2D eigenvalue weighted by Crippen LogP contribution is -2.41. The van der Waals surface area contributed by atoms with Crippen molar-refractivity contribution in [1.82, 2.24) is 20.5 Å². The van der Waals surface area contributed by atoms with Crippen molar-refractivity contribution in [2.24, 2.45) is 0 Å². The standard InChI is InChI=1S/C17H22N4OS/c22-17(19-12-14-6-1-2-8-18-14)20-13-15(16-7-5-11-23-16)21-9-3-4-10-21/h1-2,5-8,11,15H,3-4,9-10,12-13H2,(H2,19,20,22)/t15-/m0/s1. The molecule has 1 saturated heterocycles. The Labute approximate surface area is 140 Å². The molecular weight excluding hydrogens is 308 g/mol. The lowest BCUT2D eigenvalue weighted by Gasteiger charge is -2.26. The van der Waals surface area contributed by atoms with Gasteiger partial charge in [0.2, 0.25) is 0 Å². The SMILES string of the molecule is O=C(NCc1ccccn1)NC[C@@H](c1cccs1)N1CCCC1. The first kappa shape index (κ1) is 16.0. The molecule has 0 radical (unpaired) electrons. The van der Waals surface area contributed by atoms with E-state index in [-0.39, 0.29) is 12.1 Å². The summed E-state index contributed by atoms with van der Waals surface area (Å²) < 4.78 is 0. The van der Waals surface area contributed by atoms with Gasteiger partial charge in [0.15, 0.2) is 0 Å². The van der Waals surface area contributed by atoms with E-state index in [9.17, 15) is 4.79 Å². The van der Waals surface area contributed by atoms with Gasteiger partial charge < -0.3 is 10.6 Å². The number of hydrogen-bond donors (Lipinski definition) is 2. The zero-order chi connectivity index (χ0) is 15.9. The van der Waals surface area contributed by atoms with Crippen molar-refractivity contribution in [2.75, 3.05) is 19.6 Å². The largest absolute Gasteiger partial charge is 0.336 e. The molecule has 2 aromatic rings. The Hall–Kier alpha value is -1.92. The van der Waals surface area contributed by atoms with E-state index in [1.807, 2.05) is 18.2 Å². The molecule has 0 aromatic carbocycles. The molecule has 3 heterocycles. The number of hydrogen-bond acceptors (Lipinski definition) is 4. The predicted molar refractivity (Wildman–Crippen MR) is 92.3 cm³/mol. The van der Waals surface area contributed by atoms with E-state index < -0.39 is 0 Å². The van der Waals surface area contributed by atoms with E-state index in [2.05, 4.69) is 38.0 Å². The Morgan fingerprint density at radius 3 is 2.78 bits per heavy atom. The number of urea groups is 1. The zero-order valence-corrected chi connectivity index (χ0v) is 13.9. The topological polar surface area (TPSA) is 57.3 Å². The van der Waals surface area contributed by atoms with Crippen LogP contribution in [0.15, 0.2) is 41.9 Å². The molecule has 2 N–H and O–H groups in total. The van der Waals surface area contributed by atoms with Crippen LogP contribution in [-0.4, -0.2) is 35.5 Å². The molecule has 1 aliphatic heterocycles. The van der Waals surface area contributed by atoms with Crippen LogP contribution in [0.1, 0.15) is 29.5 Å². The second-order valence-corrected chi connectivity index (χ2v) is 6.64. The van der Waals surface area contributed by atoms with Gasteiger partial charge in [-0.25, -0.2) is 4.79 Å². The zero-order valence-electron chi connectivity index (χ0n) is 13.1. The number of amides is 2. The Bertz CT molecular complexity index is 596. The number of thiophene rings is 1. The van der Waals surface area contributed by atoms with Crippen LogP contribution in [0.3, 0.4) is 0 Å². The molecule has 5 nitrogen and oxygen atoms in total. The van der Waals surface area contributed by atoms with Gasteiger partial charge in [0.25, 0.3) is 0 Å². The van der Waals surface area contributed by atoms with Gasteiger partial charge in [0.1, 0.15) is 0 Å². The fraction of sp³-hybridized carbons (Fsp3) is 0.412. The van der Waals surface area contributed by atoms with Crippen molar-refractivity contribution in [3.63, 3.8) is 0 Å². The van der Waals surface area contributed by atoms with E-state index in [1.54, 1.807) is 17.5 Å². The van der Waals surface area contributed by atoms with E-state index in [1.165, 1.54) is 17.7 Å². The summed E-state index contributed by atoms with van der Waals surface area (Å²) in [6.07, 6.45) is 4.22. The van der Waals surface area contributed by atoms with E-state index in [4.69, 9.17) is 0 Å². The third-order valence-corrected chi connectivity index (χ3v) is 5.04. The first-order valence-electron chi connectivity index (χ1n) is 8.02. The van der Waals surface area contributed by atoms with Gasteiger partial charge in [0, 0.05) is 17.6 Å². The number of pyridine rings is 1. The van der Waals surface area contributed by atoms with Gasteiger partial charge in [-0.15, -0.1) is 11.3 Å². The van der Waals surface area contributed by atoms with Crippen LogP contribution in [0.2, 0.25) is 0 Å². The fourth-order valence-electron chi connectivity index (χ4n) is 2.87. The molecule has 3 rings (SSSR count). The number of rotatable bonds is 6. The normalized spacial score (nSPS) is 16.2. The number of carbonyl (C=O) groups is 1. The molecule has 2 amide bonds. The Kier molecular flexibility index (Phi) is 5.60. The van der Waals surface area contributed by atoms with Crippen molar-refractivity contribution < 1.29 is 4.79 Å². The highest BCUT2D eigenvalue weighted by Crippen LogP contribution is 2.27. The third-order valence-electron chi connectivity index (χ3n) is 4.07. The molecule has 1 atom stereocenters. The number of likely N-dealkylation sites (tertiary alicyclic amines) is 1. The summed E-state index contributed by atoms with van der Waals surface area (Å²) >= 11 is 1.76. The lowest BCUT2D eigenvalue weighted by molar-refractivity contribution is 0.222. The smallest absolute Gasteiger partial charge is 0.315 e. The van der Waals surface area contributed by atoms with Gasteiger partial charge in [-0.3, -0.25) is 9.88 Å². The van der Waals surface area contributed by atoms with Gasteiger partial charge in [-0.2, -0.15) is 0 Å². The average Bonchev–Trinajstić information content (AvgIpc) is 3.28. The van der Waals surface area contributed by atoms with Gasteiger partial charge in [-0.05, 0) is 49.5 Å². The van der Waals surface area contributed by atoms with Crippen LogP contribution in [-0.2, 0) is 6.54 Å². The first-order valence-corrected chi connectivity index (χ1v) is 8.90. The molecule has 0 saturated carbocycles. The molecule has 0 spiro atoms. The quantitative estimate of drug-likeness (QED) is 0.856. The average molecular weight is 330 g/mol. The summed E-state index contributed by atoms with van der Waals surface area (Å²) in [6.45, 7) is 3.30. The second kappa shape index (κ2) is 8.08. The summed E-state index contributed by atoms with van der Waals surface area (Å²) in [5, 5.41) is 7.96. The molecule has 0 aliphatic carbocycles. The Morgan fingerprint density at radius 2 is 2.09 bits per heavy atom. The number of nitrogens with one attached hydrogen (secondary N) is 2. The molecule has 23 heavy (non-hydrogen) atoms. The minimum Gasteiger partial charge on any atom is -0.336 e. The minimum absolute atomic E-state index is 0.142. The van der Waals surface area contributed by atoms with Crippen LogP contribution in [0.25, 0.3) is 0 Å². The Morgan fingerprint density at radius 1 is 1.22 bits per heavy atom. The van der Waals surface area contributed by atoms with E-state index >= 15 is 0 Å². The van der Waals surface area contributed by atoms with Crippen LogP contribution < -0.4 is 10.6 Å². The second-order valence-electron chi connectivity index (χ2n) is 5.66. The summed E-state index contributed by atoms with van der Waals surface area (Å²) in [5.74, 6) is 0. The van der Waals surface area contributed by atoms with Gasteiger partial charge in [-0.1, -0.05) is 12.1 Å². The maximum Gasteiger partial charge on any atom is 0.315 e. The lowest BCUT2D eigenvalue weighted by atomic mass is 10.2. The maximum atomic E-state index is 12.0. The van der Waals surface area contributed by atoms with Crippen molar-refractivity contribution >= 4 is 17.4 Å². The van der Waals surface area contributed by atoms with Gasteiger partial charge in [0.05, 0.1) is 18.3 Å². The highest BCUT2D eigenvalue weighted by atomic mass is 32.1. The summed E-state index contributed by atoms with van der Waals surface area (Å²) in [6, 6.07) is 10.0. The minimum atomic E-state index is -0.142. The molecular formula is C17H22N4OS. The number of aromatic nitrogens is 1. The molecule has 0 unspecified atom stereocenters. The molecule has 6 heteroatoms. The maximum absolute atomic E-state index is 12.0. The first-order chi connectivity index (χ1) is 11.3. The van der Waals surface area contributed by atoms with Crippen molar-refractivity contribution in [2.45, 2.75) is 25.4 Å². The molecule has 2 aromatic heterocycles. The molecule has 1 aliphatic rings. The predicted octanol–water partition coefficient (Wildman–Crippen LogP) is 2.78. The monoisotopic (exact) mass is 330 g/mol.